The van der Waals surface area contributed by atoms with E-state index in [-0.39, 0.29) is 11.6 Å². The minimum Gasteiger partial charge on any atom is -0.396 e. The van der Waals surface area contributed by atoms with Gasteiger partial charge in [-0.3, -0.25) is 5.32 Å². The summed E-state index contributed by atoms with van der Waals surface area (Å²) in [5, 5.41) is 20.5. The van der Waals surface area contributed by atoms with Gasteiger partial charge in [-0.1, -0.05) is 17.7 Å². The van der Waals surface area contributed by atoms with Gasteiger partial charge in [0.2, 0.25) is 0 Å². The normalized spacial score (nSPS) is 12.1. The highest BCUT2D eigenvalue weighted by molar-refractivity contribution is 6.30. The van der Waals surface area contributed by atoms with Crippen molar-refractivity contribution in [1.82, 2.24) is 5.32 Å². The zero-order valence-corrected chi connectivity index (χ0v) is 9.34. The fraction of sp³-hybridized carbons (Fsp3) is 0.364. The molecule has 1 aromatic rings. The molecule has 0 aliphatic rings. The molecule has 1 aromatic carbocycles. The van der Waals surface area contributed by atoms with E-state index in [4.69, 9.17) is 22.0 Å². The van der Waals surface area contributed by atoms with Gasteiger partial charge in [0.05, 0.1) is 11.1 Å². The number of aliphatic hydroxyl groups excluding tert-OH is 1. The van der Waals surface area contributed by atoms with Crippen molar-refractivity contribution >= 4 is 11.6 Å². The number of hydrogen-bond acceptors (Lipinski definition) is 3. The Labute approximate surface area is 98.5 Å². The summed E-state index contributed by atoms with van der Waals surface area (Å²) in [5.41, 5.74) is 0.530. The highest BCUT2D eigenvalue weighted by Crippen LogP contribution is 2.19. The van der Waals surface area contributed by atoms with E-state index in [1.54, 1.807) is 6.07 Å². The van der Waals surface area contributed by atoms with Crippen LogP contribution in [0.25, 0.3) is 0 Å². The molecule has 0 aliphatic carbocycles. The van der Waals surface area contributed by atoms with Gasteiger partial charge in [-0.15, -0.1) is 0 Å². The van der Waals surface area contributed by atoms with Crippen LogP contribution >= 0.6 is 11.6 Å². The Morgan fingerprint density at radius 1 is 1.56 bits per heavy atom. The molecule has 16 heavy (non-hydrogen) atoms. The molecule has 2 N–H and O–H groups in total. The molecule has 0 fully saturated rings. The predicted molar refractivity (Wildman–Crippen MR) is 59.5 cm³/mol. The zero-order chi connectivity index (χ0) is 12.0. The van der Waals surface area contributed by atoms with E-state index in [2.05, 4.69) is 5.32 Å². The molecule has 1 unspecified atom stereocenters. The highest BCUT2D eigenvalue weighted by Gasteiger charge is 2.11. The average Bonchev–Trinajstić information content (AvgIpc) is 2.29. The minimum absolute atomic E-state index is 0.0378. The first-order valence-electron chi connectivity index (χ1n) is 4.88. The number of hydrogen-bond donors (Lipinski definition) is 2. The first kappa shape index (κ1) is 12.9. The molecule has 0 aliphatic heterocycles. The third-order valence-corrected chi connectivity index (χ3v) is 2.40. The standard InChI is InChI=1S/C11H12ClFN2O/c12-9-3-2-8(6-10(9)13)11(7-14)15-4-1-5-16/h2-3,6,11,15-16H,1,4-5H2. The molecule has 1 rings (SSSR count). The van der Waals surface area contributed by atoms with Crippen LogP contribution in [0.3, 0.4) is 0 Å². The SMILES string of the molecule is N#CC(NCCCO)c1ccc(Cl)c(F)c1. The molecule has 0 bridgehead atoms. The van der Waals surface area contributed by atoms with Gasteiger partial charge < -0.3 is 5.11 Å². The predicted octanol–water partition coefficient (Wildman–Crippen LogP) is 2.02. The van der Waals surface area contributed by atoms with Crippen LogP contribution in [-0.2, 0) is 0 Å². The van der Waals surface area contributed by atoms with Crippen molar-refractivity contribution in [2.24, 2.45) is 0 Å². The van der Waals surface area contributed by atoms with Crippen molar-refractivity contribution in [2.75, 3.05) is 13.2 Å². The molecule has 0 amide bonds. The Balaban J connectivity index is 2.72. The summed E-state index contributed by atoms with van der Waals surface area (Å²) < 4.78 is 13.2. The van der Waals surface area contributed by atoms with Crippen molar-refractivity contribution in [3.05, 3.63) is 34.6 Å². The molecule has 1 atom stereocenters. The zero-order valence-electron chi connectivity index (χ0n) is 8.58. The smallest absolute Gasteiger partial charge is 0.142 e. The fourth-order valence-corrected chi connectivity index (χ4v) is 1.37. The monoisotopic (exact) mass is 242 g/mol. The first-order chi connectivity index (χ1) is 7.69. The maximum atomic E-state index is 13.2. The number of benzene rings is 1. The molecule has 86 valence electrons. The first-order valence-corrected chi connectivity index (χ1v) is 5.25. The van der Waals surface area contributed by atoms with Crippen LogP contribution in [0.2, 0.25) is 5.02 Å². The van der Waals surface area contributed by atoms with E-state index in [1.165, 1.54) is 12.1 Å². The Bertz CT molecular complexity index is 392. The summed E-state index contributed by atoms with van der Waals surface area (Å²) in [6.45, 7) is 0.555. The van der Waals surface area contributed by atoms with E-state index in [0.717, 1.165) is 0 Å². The maximum absolute atomic E-state index is 13.2. The number of nitrogens with zero attached hydrogens (tertiary/aromatic N) is 1. The lowest BCUT2D eigenvalue weighted by molar-refractivity contribution is 0.285. The second kappa shape index (κ2) is 6.44. The summed E-state index contributed by atoms with van der Waals surface area (Å²) in [7, 11) is 0. The van der Waals surface area contributed by atoms with Crippen molar-refractivity contribution in [1.29, 1.82) is 5.26 Å². The van der Waals surface area contributed by atoms with E-state index in [1.807, 2.05) is 6.07 Å². The van der Waals surface area contributed by atoms with Gasteiger partial charge in [0.1, 0.15) is 11.9 Å². The lowest BCUT2D eigenvalue weighted by atomic mass is 10.1. The summed E-state index contributed by atoms with van der Waals surface area (Å²) in [5.74, 6) is -0.539. The Morgan fingerprint density at radius 3 is 2.88 bits per heavy atom. The van der Waals surface area contributed by atoms with E-state index < -0.39 is 11.9 Å². The highest BCUT2D eigenvalue weighted by atomic mass is 35.5. The molecule has 3 nitrogen and oxygen atoms in total. The third-order valence-electron chi connectivity index (χ3n) is 2.09. The maximum Gasteiger partial charge on any atom is 0.142 e. The van der Waals surface area contributed by atoms with Crippen LogP contribution in [-0.4, -0.2) is 18.3 Å². The molecule has 0 radical (unpaired) electrons. The summed E-state index contributed by atoms with van der Waals surface area (Å²) in [6.07, 6.45) is 0.550. The van der Waals surface area contributed by atoms with E-state index >= 15 is 0 Å². The van der Waals surface area contributed by atoms with Crippen LogP contribution in [0.4, 0.5) is 4.39 Å². The van der Waals surface area contributed by atoms with Gasteiger partial charge in [-0.25, -0.2) is 4.39 Å². The summed E-state index contributed by atoms with van der Waals surface area (Å²) in [6, 6.07) is 5.70. The number of nitrogens with one attached hydrogen (secondary N) is 1. The Kier molecular flexibility index (Phi) is 5.20. The second-order valence-corrected chi connectivity index (χ2v) is 3.67. The van der Waals surface area contributed by atoms with Gasteiger partial charge in [0.15, 0.2) is 0 Å². The summed E-state index contributed by atoms with van der Waals surface area (Å²) in [4.78, 5) is 0. The van der Waals surface area contributed by atoms with Gasteiger partial charge >= 0.3 is 0 Å². The van der Waals surface area contributed by atoms with Crippen molar-refractivity contribution in [2.45, 2.75) is 12.5 Å². The minimum atomic E-state index is -0.585. The van der Waals surface area contributed by atoms with Gasteiger partial charge in [-0.2, -0.15) is 5.26 Å². The van der Waals surface area contributed by atoms with Crippen molar-refractivity contribution in [3.8, 4) is 6.07 Å². The van der Waals surface area contributed by atoms with Crippen LogP contribution in [0.1, 0.15) is 18.0 Å². The molecule has 0 aromatic heterocycles. The number of halogens is 2. The van der Waals surface area contributed by atoms with Crippen molar-refractivity contribution < 1.29 is 9.50 Å². The molecule has 0 spiro atoms. The molecule has 5 heteroatoms. The van der Waals surface area contributed by atoms with Gasteiger partial charge in [0.25, 0.3) is 0 Å². The van der Waals surface area contributed by atoms with Crippen LogP contribution in [0.15, 0.2) is 18.2 Å². The third kappa shape index (κ3) is 3.46. The average molecular weight is 243 g/mol. The molecular formula is C11H12ClFN2O. The number of nitriles is 1. The van der Waals surface area contributed by atoms with E-state index in [9.17, 15) is 4.39 Å². The number of rotatable bonds is 5. The van der Waals surface area contributed by atoms with Crippen molar-refractivity contribution in [3.63, 3.8) is 0 Å². The fourth-order valence-electron chi connectivity index (χ4n) is 1.26. The van der Waals surface area contributed by atoms with Gasteiger partial charge in [-0.05, 0) is 30.7 Å². The topological polar surface area (TPSA) is 56.0 Å². The quantitative estimate of drug-likeness (QED) is 0.777. The summed E-state index contributed by atoms with van der Waals surface area (Å²) >= 11 is 5.54. The Morgan fingerprint density at radius 2 is 2.31 bits per heavy atom. The lowest BCUT2D eigenvalue weighted by Gasteiger charge is -2.11. The second-order valence-electron chi connectivity index (χ2n) is 3.27. The number of aliphatic hydroxyl groups is 1. The molecule has 0 saturated heterocycles. The Hall–Kier alpha value is -1.15. The van der Waals surface area contributed by atoms with Crippen LogP contribution in [0, 0.1) is 17.1 Å². The molecule has 0 saturated carbocycles. The molecular weight excluding hydrogens is 231 g/mol. The van der Waals surface area contributed by atoms with Gasteiger partial charge in [0, 0.05) is 6.61 Å². The lowest BCUT2D eigenvalue weighted by Crippen LogP contribution is -2.21. The van der Waals surface area contributed by atoms with Crippen LogP contribution < -0.4 is 5.32 Å². The van der Waals surface area contributed by atoms with Crippen LogP contribution in [0.5, 0.6) is 0 Å². The molecule has 0 heterocycles. The van der Waals surface area contributed by atoms with E-state index in [0.29, 0.717) is 18.5 Å². The largest absolute Gasteiger partial charge is 0.396 e.